The molecule has 0 aliphatic rings. The van der Waals surface area contributed by atoms with E-state index in [9.17, 15) is 0 Å². The lowest BCUT2D eigenvalue weighted by Gasteiger charge is -2.18. The zero-order valence-electron chi connectivity index (χ0n) is 8.34. The van der Waals surface area contributed by atoms with Gasteiger partial charge in [0.25, 0.3) is 0 Å². The van der Waals surface area contributed by atoms with Gasteiger partial charge in [-0.2, -0.15) is 0 Å². The minimum absolute atomic E-state index is 0.640. The molecule has 0 radical (unpaired) electrons. The van der Waals surface area contributed by atoms with Gasteiger partial charge in [0.05, 0.1) is 6.54 Å². The Kier molecular flexibility index (Phi) is 6.23. The van der Waals surface area contributed by atoms with Crippen molar-refractivity contribution < 1.29 is 4.43 Å². The standard InChI is InChI=1S/C8H20N2OSi/c1-11-12(2,3)8-4-6-10-7-5-9/h6H,4-5,7-9H2,1-3H3. The first-order chi connectivity index (χ1) is 5.62. The van der Waals surface area contributed by atoms with Gasteiger partial charge < -0.3 is 10.2 Å². The van der Waals surface area contributed by atoms with Gasteiger partial charge >= 0.3 is 0 Å². The minimum Gasteiger partial charge on any atom is -0.420 e. The second-order valence-corrected chi connectivity index (χ2v) is 7.81. The lowest BCUT2D eigenvalue weighted by atomic mass is 10.5. The van der Waals surface area contributed by atoms with E-state index in [-0.39, 0.29) is 0 Å². The van der Waals surface area contributed by atoms with Gasteiger partial charge in [-0.25, -0.2) is 0 Å². The maximum absolute atomic E-state index is 5.40. The molecular weight excluding hydrogens is 168 g/mol. The molecule has 4 heteroatoms. The number of aliphatic imine (C=N–C) groups is 1. The van der Waals surface area contributed by atoms with Crippen LogP contribution in [0.15, 0.2) is 4.99 Å². The fraction of sp³-hybridized carbons (Fsp3) is 0.875. The van der Waals surface area contributed by atoms with Crippen molar-refractivity contribution in [2.24, 2.45) is 10.7 Å². The summed E-state index contributed by atoms with van der Waals surface area (Å²) in [5, 5.41) is 0. The molecule has 2 N–H and O–H groups in total. The number of nitrogens with zero attached hydrogens (tertiary/aromatic N) is 1. The van der Waals surface area contributed by atoms with Crippen molar-refractivity contribution in [2.45, 2.75) is 25.6 Å². The topological polar surface area (TPSA) is 47.6 Å². The highest BCUT2D eigenvalue weighted by atomic mass is 28.4. The average Bonchev–Trinajstić information content (AvgIpc) is 2.04. The first kappa shape index (κ1) is 11.8. The Bertz CT molecular complexity index is 137. The molecule has 0 aromatic carbocycles. The zero-order chi connectivity index (χ0) is 9.45. The molecule has 0 saturated carbocycles. The van der Waals surface area contributed by atoms with Crippen LogP contribution < -0.4 is 5.73 Å². The van der Waals surface area contributed by atoms with E-state index >= 15 is 0 Å². The van der Waals surface area contributed by atoms with Gasteiger partial charge in [0.2, 0.25) is 0 Å². The van der Waals surface area contributed by atoms with Gasteiger partial charge in [-0.15, -0.1) is 0 Å². The molecule has 0 aromatic rings. The summed E-state index contributed by atoms with van der Waals surface area (Å²) in [6.45, 7) is 5.81. The van der Waals surface area contributed by atoms with Crippen molar-refractivity contribution in [1.82, 2.24) is 0 Å². The van der Waals surface area contributed by atoms with Gasteiger partial charge in [-0.3, -0.25) is 4.99 Å². The predicted octanol–water partition coefficient (Wildman–Crippen LogP) is 1.26. The van der Waals surface area contributed by atoms with Gasteiger partial charge in [-0.05, 0) is 31.8 Å². The van der Waals surface area contributed by atoms with E-state index in [1.54, 1.807) is 7.11 Å². The van der Waals surface area contributed by atoms with Crippen LogP contribution >= 0.6 is 0 Å². The van der Waals surface area contributed by atoms with Gasteiger partial charge in [0.1, 0.15) is 0 Å². The highest BCUT2D eigenvalue weighted by Gasteiger charge is 2.18. The summed E-state index contributed by atoms with van der Waals surface area (Å²) in [5.41, 5.74) is 5.29. The summed E-state index contributed by atoms with van der Waals surface area (Å²) in [6, 6.07) is 1.14. The van der Waals surface area contributed by atoms with Gasteiger partial charge in [0, 0.05) is 13.7 Å². The van der Waals surface area contributed by atoms with Crippen molar-refractivity contribution >= 4 is 14.5 Å². The first-order valence-corrected chi connectivity index (χ1v) is 7.47. The molecule has 0 saturated heterocycles. The molecule has 0 fully saturated rings. The quantitative estimate of drug-likeness (QED) is 0.504. The molecule has 0 rings (SSSR count). The monoisotopic (exact) mass is 188 g/mol. The van der Waals surface area contributed by atoms with E-state index in [4.69, 9.17) is 10.2 Å². The lowest BCUT2D eigenvalue weighted by molar-refractivity contribution is 0.404. The summed E-state index contributed by atoms with van der Waals surface area (Å²) < 4.78 is 5.40. The molecule has 0 amide bonds. The summed E-state index contributed by atoms with van der Waals surface area (Å²) in [6.07, 6.45) is 2.98. The molecule has 0 unspecified atom stereocenters. The molecule has 72 valence electrons. The van der Waals surface area contributed by atoms with E-state index in [0.29, 0.717) is 6.54 Å². The molecule has 0 aromatic heterocycles. The van der Waals surface area contributed by atoms with Gasteiger partial charge in [0.15, 0.2) is 8.32 Å². The van der Waals surface area contributed by atoms with Crippen LogP contribution in [-0.4, -0.2) is 34.7 Å². The van der Waals surface area contributed by atoms with E-state index in [1.165, 1.54) is 0 Å². The van der Waals surface area contributed by atoms with E-state index in [1.807, 2.05) is 6.21 Å². The first-order valence-electron chi connectivity index (χ1n) is 4.36. The molecule has 0 aliphatic heterocycles. The van der Waals surface area contributed by atoms with Crippen LogP contribution in [0.2, 0.25) is 19.1 Å². The normalized spacial score (nSPS) is 12.7. The fourth-order valence-electron chi connectivity index (χ4n) is 0.771. The van der Waals surface area contributed by atoms with Crippen LogP contribution in [-0.2, 0) is 4.43 Å². The number of hydrogen-bond donors (Lipinski definition) is 1. The Labute approximate surface area is 76.1 Å². The molecule has 0 spiro atoms. The van der Waals surface area contributed by atoms with E-state index < -0.39 is 8.32 Å². The highest BCUT2D eigenvalue weighted by Crippen LogP contribution is 2.10. The van der Waals surface area contributed by atoms with Crippen LogP contribution in [0, 0.1) is 0 Å². The number of nitrogens with two attached hydrogens (primary N) is 1. The third-order valence-corrected chi connectivity index (χ3v) is 4.41. The van der Waals surface area contributed by atoms with Crippen LogP contribution in [0.4, 0.5) is 0 Å². The van der Waals surface area contributed by atoms with Crippen LogP contribution in [0.5, 0.6) is 0 Å². The zero-order valence-corrected chi connectivity index (χ0v) is 9.34. The maximum atomic E-state index is 5.40. The fourth-order valence-corrected chi connectivity index (χ4v) is 1.80. The lowest BCUT2D eigenvalue weighted by Crippen LogP contribution is -2.28. The summed E-state index contributed by atoms with van der Waals surface area (Å²) in [5.74, 6) is 0. The van der Waals surface area contributed by atoms with Crippen molar-refractivity contribution in [3.05, 3.63) is 0 Å². The largest absolute Gasteiger partial charge is 0.420 e. The Hall–Kier alpha value is -0.193. The van der Waals surface area contributed by atoms with Crippen molar-refractivity contribution in [2.75, 3.05) is 20.2 Å². The van der Waals surface area contributed by atoms with Crippen LogP contribution in [0.1, 0.15) is 6.42 Å². The van der Waals surface area contributed by atoms with Crippen molar-refractivity contribution in [3.63, 3.8) is 0 Å². The number of hydrogen-bond acceptors (Lipinski definition) is 3. The molecular formula is C8H20N2OSi. The van der Waals surface area contributed by atoms with Crippen molar-refractivity contribution in [1.29, 1.82) is 0 Å². The third-order valence-electron chi connectivity index (χ3n) is 1.82. The third kappa shape index (κ3) is 6.51. The number of rotatable bonds is 6. The molecule has 0 aliphatic carbocycles. The molecule has 0 atom stereocenters. The minimum atomic E-state index is -1.36. The van der Waals surface area contributed by atoms with E-state index in [0.717, 1.165) is 19.0 Å². The maximum Gasteiger partial charge on any atom is 0.186 e. The van der Waals surface area contributed by atoms with Crippen LogP contribution in [0.25, 0.3) is 0 Å². The molecule has 0 bridgehead atoms. The smallest absolute Gasteiger partial charge is 0.186 e. The Morgan fingerprint density at radius 2 is 2.17 bits per heavy atom. The van der Waals surface area contributed by atoms with Crippen molar-refractivity contribution in [3.8, 4) is 0 Å². The molecule has 3 nitrogen and oxygen atoms in total. The SMILES string of the molecule is CO[Si](C)(C)CCC=NCCN. The summed E-state index contributed by atoms with van der Waals surface area (Å²) >= 11 is 0. The average molecular weight is 188 g/mol. The summed E-state index contributed by atoms with van der Waals surface area (Å²) in [4.78, 5) is 4.14. The molecule has 12 heavy (non-hydrogen) atoms. The Morgan fingerprint density at radius 1 is 1.50 bits per heavy atom. The predicted molar refractivity (Wildman–Crippen MR) is 56.3 cm³/mol. The second-order valence-electron chi connectivity index (χ2n) is 3.38. The summed E-state index contributed by atoms with van der Waals surface area (Å²) in [7, 11) is 0.435. The second kappa shape index (κ2) is 6.34. The van der Waals surface area contributed by atoms with Gasteiger partial charge in [-0.1, -0.05) is 0 Å². The van der Waals surface area contributed by atoms with E-state index in [2.05, 4.69) is 18.1 Å². The highest BCUT2D eigenvalue weighted by molar-refractivity contribution is 6.71. The van der Waals surface area contributed by atoms with Crippen LogP contribution in [0.3, 0.4) is 0 Å². The molecule has 0 heterocycles. The Balaban J connectivity index is 3.42. The Morgan fingerprint density at radius 3 is 2.67 bits per heavy atom.